The highest BCUT2D eigenvalue weighted by atomic mass is 16.5. The van der Waals surface area contributed by atoms with Gasteiger partial charge in [0.2, 0.25) is 0 Å². The molecule has 0 radical (unpaired) electrons. The van der Waals surface area contributed by atoms with E-state index in [1.54, 1.807) is 24.0 Å². The Labute approximate surface area is 185 Å². The molecule has 1 aliphatic heterocycles. The summed E-state index contributed by atoms with van der Waals surface area (Å²) >= 11 is 0. The number of benzene rings is 1. The molecule has 160 valence electrons. The van der Waals surface area contributed by atoms with Gasteiger partial charge in [0, 0.05) is 19.3 Å². The molecule has 0 aliphatic carbocycles. The Hall–Kier alpha value is -4.07. The summed E-state index contributed by atoms with van der Waals surface area (Å²) in [7, 11) is 0. The third kappa shape index (κ3) is 3.71. The Balaban J connectivity index is 1.33. The lowest BCUT2D eigenvalue weighted by Gasteiger charge is -2.26. The van der Waals surface area contributed by atoms with Gasteiger partial charge >= 0.3 is 0 Å². The minimum Gasteiger partial charge on any atom is -0.334 e. The van der Waals surface area contributed by atoms with Crippen LogP contribution in [0.3, 0.4) is 0 Å². The highest BCUT2D eigenvalue weighted by molar-refractivity contribution is 5.95. The van der Waals surface area contributed by atoms with E-state index >= 15 is 0 Å². The third-order valence-corrected chi connectivity index (χ3v) is 5.62. The number of amides is 1. The highest BCUT2D eigenvalue weighted by Gasteiger charge is 2.23. The lowest BCUT2D eigenvalue weighted by atomic mass is 9.99. The van der Waals surface area contributed by atoms with Gasteiger partial charge in [0.15, 0.2) is 11.6 Å². The number of carbonyl (C=O) groups is 1. The number of aromatic nitrogens is 5. The van der Waals surface area contributed by atoms with Crippen molar-refractivity contribution in [3.8, 4) is 17.3 Å². The molecule has 3 aromatic heterocycles. The largest absolute Gasteiger partial charge is 0.334 e. The molecule has 8 heteroatoms. The fourth-order valence-electron chi connectivity index (χ4n) is 3.84. The van der Waals surface area contributed by atoms with E-state index in [1.165, 1.54) is 11.1 Å². The van der Waals surface area contributed by atoms with Gasteiger partial charge < -0.3 is 9.42 Å². The molecule has 0 fully saturated rings. The molecule has 0 atom stereocenters. The van der Waals surface area contributed by atoms with Crippen LogP contribution in [0.1, 0.15) is 33.9 Å². The van der Waals surface area contributed by atoms with Crippen molar-refractivity contribution in [3.63, 3.8) is 0 Å². The summed E-state index contributed by atoms with van der Waals surface area (Å²) in [5, 5.41) is 8.21. The van der Waals surface area contributed by atoms with Gasteiger partial charge in [0.25, 0.3) is 11.8 Å². The smallest absolute Gasteiger partial charge is 0.259 e. The standard InChI is InChI=1S/C24H22N6O2/c1-16-21(24(31)29-12-10-19(11-13-29)18-6-4-3-5-7-18)15-26-30(16)22-9-8-20(14-25-22)23-27-17(2)28-32-23/h3-10,14-15H,11-13H2,1-2H3. The van der Waals surface area contributed by atoms with Gasteiger partial charge in [-0.1, -0.05) is 41.6 Å². The number of rotatable bonds is 4. The van der Waals surface area contributed by atoms with Crippen LogP contribution in [0.2, 0.25) is 0 Å². The Morgan fingerprint density at radius 2 is 1.88 bits per heavy atom. The molecule has 0 bridgehead atoms. The van der Waals surface area contributed by atoms with Crippen LogP contribution in [0.15, 0.2) is 65.5 Å². The van der Waals surface area contributed by atoms with Gasteiger partial charge in [-0.05, 0) is 43.5 Å². The van der Waals surface area contributed by atoms with Crippen molar-refractivity contribution in [2.75, 3.05) is 13.1 Å². The fraction of sp³-hybridized carbons (Fsp3) is 0.208. The molecule has 1 amide bonds. The van der Waals surface area contributed by atoms with E-state index in [4.69, 9.17) is 4.52 Å². The van der Waals surface area contributed by atoms with Crippen molar-refractivity contribution in [3.05, 3.63) is 83.6 Å². The molecule has 0 unspecified atom stereocenters. The van der Waals surface area contributed by atoms with E-state index in [0.29, 0.717) is 36.2 Å². The second-order valence-corrected chi connectivity index (χ2v) is 7.70. The van der Waals surface area contributed by atoms with E-state index in [9.17, 15) is 4.79 Å². The van der Waals surface area contributed by atoms with Crippen molar-refractivity contribution in [1.82, 2.24) is 29.8 Å². The van der Waals surface area contributed by atoms with Crippen LogP contribution in [0, 0.1) is 13.8 Å². The van der Waals surface area contributed by atoms with Crippen molar-refractivity contribution < 1.29 is 9.32 Å². The zero-order valence-electron chi connectivity index (χ0n) is 17.9. The second-order valence-electron chi connectivity index (χ2n) is 7.70. The lowest BCUT2D eigenvalue weighted by Crippen LogP contribution is -2.34. The third-order valence-electron chi connectivity index (χ3n) is 5.62. The maximum atomic E-state index is 13.1. The predicted octanol–water partition coefficient (Wildman–Crippen LogP) is 3.86. The predicted molar refractivity (Wildman–Crippen MR) is 119 cm³/mol. The molecule has 5 rings (SSSR count). The van der Waals surface area contributed by atoms with Crippen molar-refractivity contribution in [1.29, 1.82) is 0 Å². The number of hydrogen-bond donors (Lipinski definition) is 0. The SMILES string of the molecule is Cc1noc(-c2ccc(-n3ncc(C(=O)N4CC=C(c5ccccc5)CC4)c3C)nc2)n1. The van der Waals surface area contributed by atoms with Crippen LogP contribution in [0.5, 0.6) is 0 Å². The Bertz CT molecular complexity index is 1290. The zero-order chi connectivity index (χ0) is 22.1. The van der Waals surface area contributed by atoms with Crippen LogP contribution in [-0.4, -0.2) is 48.8 Å². The number of pyridine rings is 1. The number of carbonyl (C=O) groups excluding carboxylic acids is 1. The quantitative estimate of drug-likeness (QED) is 0.492. The molecule has 4 aromatic rings. The fourth-order valence-corrected chi connectivity index (χ4v) is 3.84. The first-order valence-electron chi connectivity index (χ1n) is 10.5. The first-order valence-corrected chi connectivity index (χ1v) is 10.5. The van der Waals surface area contributed by atoms with Crippen LogP contribution in [0.4, 0.5) is 0 Å². The molecule has 0 saturated carbocycles. The lowest BCUT2D eigenvalue weighted by molar-refractivity contribution is 0.0772. The molecular formula is C24H22N6O2. The van der Waals surface area contributed by atoms with E-state index in [2.05, 4.69) is 38.4 Å². The van der Waals surface area contributed by atoms with Crippen LogP contribution in [0.25, 0.3) is 22.8 Å². The molecule has 1 aliphatic rings. The Morgan fingerprint density at radius 3 is 2.53 bits per heavy atom. The summed E-state index contributed by atoms with van der Waals surface area (Å²) in [4.78, 5) is 23.7. The average Bonchev–Trinajstić information content (AvgIpc) is 3.45. The van der Waals surface area contributed by atoms with Gasteiger partial charge in [0.1, 0.15) is 0 Å². The van der Waals surface area contributed by atoms with Crippen molar-refractivity contribution >= 4 is 11.5 Å². The van der Waals surface area contributed by atoms with E-state index in [-0.39, 0.29) is 5.91 Å². The number of hydrogen-bond acceptors (Lipinski definition) is 6. The van der Waals surface area contributed by atoms with Crippen molar-refractivity contribution in [2.45, 2.75) is 20.3 Å². The van der Waals surface area contributed by atoms with Gasteiger partial charge in [-0.2, -0.15) is 10.1 Å². The summed E-state index contributed by atoms with van der Waals surface area (Å²) in [6.45, 7) is 4.92. The number of nitrogens with zero attached hydrogens (tertiary/aromatic N) is 6. The maximum absolute atomic E-state index is 13.1. The minimum atomic E-state index is -0.0185. The van der Waals surface area contributed by atoms with Gasteiger partial charge in [-0.25, -0.2) is 9.67 Å². The molecular weight excluding hydrogens is 404 g/mol. The molecule has 8 nitrogen and oxygen atoms in total. The molecule has 0 saturated heterocycles. The Kier molecular flexibility index (Phi) is 5.10. The van der Waals surface area contributed by atoms with E-state index in [1.807, 2.05) is 42.2 Å². The molecule has 4 heterocycles. The normalized spacial score (nSPS) is 13.8. The first-order chi connectivity index (χ1) is 15.6. The minimum absolute atomic E-state index is 0.0185. The van der Waals surface area contributed by atoms with Gasteiger partial charge in [0.05, 0.1) is 23.0 Å². The maximum Gasteiger partial charge on any atom is 0.259 e. The van der Waals surface area contributed by atoms with Gasteiger partial charge in [-0.3, -0.25) is 4.79 Å². The van der Waals surface area contributed by atoms with Crippen LogP contribution >= 0.6 is 0 Å². The van der Waals surface area contributed by atoms with Crippen LogP contribution in [-0.2, 0) is 0 Å². The summed E-state index contributed by atoms with van der Waals surface area (Å²) in [6, 6.07) is 14.0. The van der Waals surface area contributed by atoms with E-state index in [0.717, 1.165) is 17.7 Å². The topological polar surface area (TPSA) is 89.9 Å². The molecule has 0 spiro atoms. The molecule has 0 N–H and O–H groups in total. The molecule has 32 heavy (non-hydrogen) atoms. The van der Waals surface area contributed by atoms with E-state index < -0.39 is 0 Å². The zero-order valence-corrected chi connectivity index (χ0v) is 17.9. The van der Waals surface area contributed by atoms with Gasteiger partial charge in [-0.15, -0.1) is 0 Å². The summed E-state index contributed by atoms with van der Waals surface area (Å²) < 4.78 is 6.85. The number of aryl methyl sites for hydroxylation is 1. The monoisotopic (exact) mass is 426 g/mol. The first kappa shape index (κ1) is 19.9. The summed E-state index contributed by atoms with van der Waals surface area (Å²) in [5.41, 5.74) is 4.56. The summed E-state index contributed by atoms with van der Waals surface area (Å²) in [6.07, 6.45) is 6.24. The second kappa shape index (κ2) is 8.22. The van der Waals surface area contributed by atoms with Crippen LogP contribution < -0.4 is 0 Å². The van der Waals surface area contributed by atoms with Crippen molar-refractivity contribution in [2.24, 2.45) is 0 Å². The Morgan fingerprint density at radius 1 is 1.03 bits per heavy atom. The summed E-state index contributed by atoms with van der Waals surface area (Å²) in [5.74, 6) is 1.59. The molecule has 1 aromatic carbocycles. The average molecular weight is 426 g/mol. The highest BCUT2D eigenvalue weighted by Crippen LogP contribution is 2.24.